The van der Waals surface area contributed by atoms with Crippen LogP contribution in [0.15, 0.2) is 36.5 Å². The normalized spacial score (nSPS) is 11.7. The van der Waals surface area contributed by atoms with E-state index in [1.807, 2.05) is 6.07 Å². The van der Waals surface area contributed by atoms with Gasteiger partial charge in [-0.15, -0.1) is 0 Å². The summed E-state index contributed by atoms with van der Waals surface area (Å²) in [4.78, 5) is 4.03. The lowest BCUT2D eigenvalue weighted by Gasteiger charge is -2.16. The molecule has 0 aliphatic carbocycles. The minimum Gasteiger partial charge on any atom is -0.362 e. The predicted octanol–water partition coefficient (Wildman–Crippen LogP) is 3.40. The van der Waals surface area contributed by atoms with Gasteiger partial charge in [0.1, 0.15) is 23.5 Å². The number of anilines is 1. The Morgan fingerprint density at radius 3 is 2.79 bits per heavy atom. The highest BCUT2D eigenvalue weighted by molar-refractivity contribution is 5.52. The van der Waals surface area contributed by atoms with E-state index in [9.17, 15) is 8.78 Å². The van der Waals surface area contributed by atoms with Gasteiger partial charge in [-0.3, -0.25) is 0 Å². The minimum absolute atomic E-state index is 0.316. The van der Waals surface area contributed by atoms with Gasteiger partial charge in [-0.1, -0.05) is 6.07 Å². The first-order valence-electron chi connectivity index (χ1n) is 5.68. The molecule has 2 rings (SSSR count). The lowest BCUT2D eigenvalue weighted by atomic mass is 10.1. The minimum atomic E-state index is -0.630. The monoisotopic (exact) mass is 259 g/mol. The SMILES string of the molecule is C[C@@H](Nc1ncccc1C#N)c1ccc(F)cc1F. The maximum atomic E-state index is 13.6. The molecule has 0 unspecified atom stereocenters. The van der Waals surface area contributed by atoms with Gasteiger partial charge >= 0.3 is 0 Å². The third-order valence-electron chi connectivity index (χ3n) is 2.71. The molecular weight excluding hydrogens is 248 g/mol. The number of pyridine rings is 1. The molecule has 0 aliphatic heterocycles. The van der Waals surface area contributed by atoms with E-state index in [0.717, 1.165) is 6.07 Å². The summed E-state index contributed by atoms with van der Waals surface area (Å²) in [6.07, 6.45) is 1.54. The van der Waals surface area contributed by atoms with Gasteiger partial charge in [-0.05, 0) is 25.1 Å². The Balaban J connectivity index is 2.26. The van der Waals surface area contributed by atoms with E-state index < -0.39 is 17.7 Å². The predicted molar refractivity (Wildman–Crippen MR) is 67.3 cm³/mol. The first-order chi connectivity index (χ1) is 9.11. The highest BCUT2D eigenvalue weighted by Gasteiger charge is 2.13. The number of nitriles is 1. The Morgan fingerprint density at radius 2 is 2.11 bits per heavy atom. The van der Waals surface area contributed by atoms with Gasteiger partial charge in [0.15, 0.2) is 0 Å². The van der Waals surface area contributed by atoms with Crippen LogP contribution in [-0.2, 0) is 0 Å². The fraction of sp³-hybridized carbons (Fsp3) is 0.143. The van der Waals surface area contributed by atoms with Crippen molar-refractivity contribution in [2.24, 2.45) is 0 Å². The van der Waals surface area contributed by atoms with Gasteiger partial charge in [0.2, 0.25) is 0 Å². The van der Waals surface area contributed by atoms with E-state index in [2.05, 4.69) is 10.3 Å². The zero-order chi connectivity index (χ0) is 13.8. The molecule has 5 heteroatoms. The number of halogens is 2. The molecule has 1 heterocycles. The Hall–Kier alpha value is -2.48. The van der Waals surface area contributed by atoms with Crippen LogP contribution in [0.1, 0.15) is 24.1 Å². The summed E-state index contributed by atoms with van der Waals surface area (Å²) in [5.74, 6) is -0.875. The lowest BCUT2D eigenvalue weighted by molar-refractivity contribution is 0.566. The molecule has 0 spiro atoms. The molecule has 1 atom stereocenters. The van der Waals surface area contributed by atoms with Crippen LogP contribution in [0.25, 0.3) is 0 Å². The highest BCUT2D eigenvalue weighted by Crippen LogP contribution is 2.22. The van der Waals surface area contributed by atoms with Crippen molar-refractivity contribution in [3.05, 3.63) is 59.3 Å². The van der Waals surface area contributed by atoms with E-state index in [1.54, 1.807) is 19.1 Å². The zero-order valence-corrected chi connectivity index (χ0v) is 10.2. The number of hydrogen-bond acceptors (Lipinski definition) is 3. The first-order valence-corrected chi connectivity index (χ1v) is 5.68. The van der Waals surface area contributed by atoms with Crippen LogP contribution in [-0.4, -0.2) is 4.98 Å². The van der Waals surface area contributed by atoms with Crippen molar-refractivity contribution in [3.63, 3.8) is 0 Å². The fourth-order valence-corrected chi connectivity index (χ4v) is 1.75. The summed E-state index contributed by atoms with van der Waals surface area (Å²) in [6, 6.07) is 8.23. The van der Waals surface area contributed by atoms with Crippen LogP contribution in [0.4, 0.5) is 14.6 Å². The van der Waals surface area contributed by atoms with Crippen LogP contribution in [0, 0.1) is 23.0 Å². The molecule has 0 amide bonds. The molecule has 0 saturated heterocycles. The first kappa shape index (κ1) is 13.0. The smallest absolute Gasteiger partial charge is 0.144 e. The van der Waals surface area contributed by atoms with Crippen molar-refractivity contribution >= 4 is 5.82 Å². The van der Waals surface area contributed by atoms with Crippen molar-refractivity contribution in [2.45, 2.75) is 13.0 Å². The number of aromatic nitrogens is 1. The Bertz CT molecular complexity index is 635. The van der Waals surface area contributed by atoms with Crippen LogP contribution in [0.5, 0.6) is 0 Å². The van der Waals surface area contributed by atoms with Gasteiger partial charge in [-0.2, -0.15) is 5.26 Å². The maximum Gasteiger partial charge on any atom is 0.144 e. The van der Waals surface area contributed by atoms with E-state index in [0.29, 0.717) is 16.9 Å². The van der Waals surface area contributed by atoms with Gasteiger partial charge in [-0.25, -0.2) is 13.8 Å². The van der Waals surface area contributed by atoms with Crippen molar-refractivity contribution in [1.82, 2.24) is 4.98 Å². The van der Waals surface area contributed by atoms with Crippen molar-refractivity contribution in [1.29, 1.82) is 5.26 Å². The molecule has 2 aromatic rings. The standard InChI is InChI=1S/C14H11F2N3/c1-9(12-5-4-11(15)7-13(12)16)19-14-10(8-17)3-2-6-18-14/h2-7,9H,1H3,(H,18,19)/t9-/m1/s1. The summed E-state index contributed by atoms with van der Waals surface area (Å²) in [6.45, 7) is 1.71. The molecule has 0 aliphatic rings. The number of nitrogens with zero attached hydrogens (tertiary/aromatic N) is 2. The molecule has 19 heavy (non-hydrogen) atoms. The zero-order valence-electron chi connectivity index (χ0n) is 10.2. The summed E-state index contributed by atoms with van der Waals surface area (Å²) in [7, 11) is 0. The largest absolute Gasteiger partial charge is 0.362 e. The molecule has 1 N–H and O–H groups in total. The fourth-order valence-electron chi connectivity index (χ4n) is 1.75. The van der Waals surface area contributed by atoms with E-state index >= 15 is 0 Å². The molecule has 96 valence electrons. The number of nitrogens with one attached hydrogen (secondary N) is 1. The number of rotatable bonds is 3. The topological polar surface area (TPSA) is 48.7 Å². The van der Waals surface area contributed by atoms with Gasteiger partial charge < -0.3 is 5.32 Å². The Labute approximate surface area is 109 Å². The Kier molecular flexibility index (Phi) is 3.71. The second-order valence-electron chi connectivity index (χ2n) is 4.04. The number of hydrogen-bond donors (Lipinski definition) is 1. The molecule has 0 saturated carbocycles. The second kappa shape index (κ2) is 5.44. The van der Waals surface area contributed by atoms with E-state index in [-0.39, 0.29) is 0 Å². The average Bonchev–Trinajstić information content (AvgIpc) is 2.39. The van der Waals surface area contributed by atoms with E-state index in [4.69, 9.17) is 5.26 Å². The molecule has 3 nitrogen and oxygen atoms in total. The highest BCUT2D eigenvalue weighted by atomic mass is 19.1. The van der Waals surface area contributed by atoms with Crippen molar-refractivity contribution in [2.75, 3.05) is 5.32 Å². The van der Waals surface area contributed by atoms with Gasteiger partial charge in [0, 0.05) is 17.8 Å². The Morgan fingerprint density at radius 1 is 1.32 bits per heavy atom. The quantitative estimate of drug-likeness (QED) is 0.918. The van der Waals surface area contributed by atoms with Crippen LogP contribution in [0.3, 0.4) is 0 Å². The number of benzene rings is 1. The molecule has 1 aromatic carbocycles. The molecule has 0 radical (unpaired) electrons. The summed E-state index contributed by atoms with van der Waals surface area (Å²) in [5, 5.41) is 11.9. The summed E-state index contributed by atoms with van der Waals surface area (Å²) >= 11 is 0. The van der Waals surface area contributed by atoms with Crippen LogP contribution >= 0.6 is 0 Å². The third-order valence-corrected chi connectivity index (χ3v) is 2.71. The van der Waals surface area contributed by atoms with Gasteiger partial charge in [0.25, 0.3) is 0 Å². The molecule has 0 fully saturated rings. The van der Waals surface area contributed by atoms with Crippen LogP contribution in [0.2, 0.25) is 0 Å². The summed E-state index contributed by atoms with van der Waals surface area (Å²) < 4.78 is 26.5. The molecular formula is C14H11F2N3. The molecule has 1 aromatic heterocycles. The molecule has 0 bridgehead atoms. The van der Waals surface area contributed by atoms with Gasteiger partial charge in [0.05, 0.1) is 11.6 Å². The average molecular weight is 259 g/mol. The van der Waals surface area contributed by atoms with E-state index in [1.165, 1.54) is 18.3 Å². The third kappa shape index (κ3) is 2.86. The maximum absolute atomic E-state index is 13.6. The van der Waals surface area contributed by atoms with Crippen LogP contribution < -0.4 is 5.32 Å². The summed E-state index contributed by atoms with van der Waals surface area (Å²) in [5.41, 5.74) is 0.688. The van der Waals surface area contributed by atoms with Crippen molar-refractivity contribution < 1.29 is 8.78 Å². The van der Waals surface area contributed by atoms with Crippen molar-refractivity contribution in [3.8, 4) is 6.07 Å². The second-order valence-corrected chi connectivity index (χ2v) is 4.04. The lowest BCUT2D eigenvalue weighted by Crippen LogP contribution is -2.11.